The summed E-state index contributed by atoms with van der Waals surface area (Å²) < 4.78 is 5.40. The number of likely N-dealkylation sites (tertiary alicyclic amines) is 1. The summed E-state index contributed by atoms with van der Waals surface area (Å²) in [5, 5.41) is 0. The molecule has 2 rings (SSSR count). The van der Waals surface area contributed by atoms with Gasteiger partial charge in [-0.2, -0.15) is 0 Å². The van der Waals surface area contributed by atoms with E-state index < -0.39 is 0 Å². The van der Waals surface area contributed by atoms with Crippen molar-refractivity contribution in [2.75, 3.05) is 19.7 Å². The van der Waals surface area contributed by atoms with Gasteiger partial charge in [0.2, 0.25) is 5.88 Å². The molecule has 0 radical (unpaired) electrons. The summed E-state index contributed by atoms with van der Waals surface area (Å²) in [6.45, 7) is 7.34. The molecule has 0 N–H and O–H groups in total. The third-order valence-corrected chi connectivity index (χ3v) is 3.56. The van der Waals surface area contributed by atoms with Gasteiger partial charge in [0, 0.05) is 18.3 Å². The van der Waals surface area contributed by atoms with E-state index in [1.807, 2.05) is 19.2 Å². The van der Waals surface area contributed by atoms with Crippen molar-refractivity contribution in [2.45, 2.75) is 45.6 Å². The standard InChI is InChI=1S/C15H24N2O/c1-3-10-17-11-6-5-7-14(17)13-8-9-15(16-12-13)18-4-2/h8-9,12,14H,3-7,10-11H2,1-2H3. The summed E-state index contributed by atoms with van der Waals surface area (Å²) >= 11 is 0. The second kappa shape index (κ2) is 6.74. The number of nitrogens with zero attached hydrogens (tertiary/aromatic N) is 2. The van der Waals surface area contributed by atoms with Crippen LogP contribution >= 0.6 is 0 Å². The van der Waals surface area contributed by atoms with Crippen LogP contribution in [0.15, 0.2) is 18.3 Å². The van der Waals surface area contributed by atoms with Crippen molar-refractivity contribution < 1.29 is 4.74 Å². The average Bonchev–Trinajstić information content (AvgIpc) is 2.41. The van der Waals surface area contributed by atoms with E-state index in [1.165, 1.54) is 44.3 Å². The highest BCUT2D eigenvalue weighted by molar-refractivity contribution is 5.21. The van der Waals surface area contributed by atoms with Gasteiger partial charge in [-0.25, -0.2) is 4.98 Å². The summed E-state index contributed by atoms with van der Waals surface area (Å²) in [7, 11) is 0. The van der Waals surface area contributed by atoms with E-state index in [0.717, 1.165) is 5.88 Å². The smallest absolute Gasteiger partial charge is 0.213 e. The fourth-order valence-electron chi connectivity index (χ4n) is 2.75. The van der Waals surface area contributed by atoms with E-state index in [1.54, 1.807) is 0 Å². The van der Waals surface area contributed by atoms with Crippen LogP contribution in [0.2, 0.25) is 0 Å². The summed E-state index contributed by atoms with van der Waals surface area (Å²) in [5.74, 6) is 0.735. The maximum absolute atomic E-state index is 5.40. The van der Waals surface area contributed by atoms with E-state index in [9.17, 15) is 0 Å². The van der Waals surface area contributed by atoms with Crippen molar-refractivity contribution in [1.29, 1.82) is 0 Å². The number of hydrogen-bond donors (Lipinski definition) is 0. The van der Waals surface area contributed by atoms with Crippen LogP contribution in [-0.2, 0) is 0 Å². The molecule has 1 aromatic heterocycles. The van der Waals surface area contributed by atoms with E-state index in [0.29, 0.717) is 12.6 Å². The Labute approximate surface area is 110 Å². The van der Waals surface area contributed by atoms with Crippen molar-refractivity contribution in [3.8, 4) is 5.88 Å². The molecule has 18 heavy (non-hydrogen) atoms. The Morgan fingerprint density at radius 3 is 2.89 bits per heavy atom. The van der Waals surface area contributed by atoms with Crippen molar-refractivity contribution in [3.63, 3.8) is 0 Å². The third kappa shape index (κ3) is 3.22. The lowest BCUT2D eigenvalue weighted by Crippen LogP contribution is -2.34. The van der Waals surface area contributed by atoms with Gasteiger partial charge >= 0.3 is 0 Å². The fraction of sp³-hybridized carbons (Fsp3) is 0.667. The Balaban J connectivity index is 2.07. The lowest BCUT2D eigenvalue weighted by molar-refractivity contribution is 0.148. The highest BCUT2D eigenvalue weighted by Crippen LogP contribution is 2.30. The molecule has 1 saturated heterocycles. The molecule has 3 heteroatoms. The minimum Gasteiger partial charge on any atom is -0.478 e. The Morgan fingerprint density at radius 1 is 1.33 bits per heavy atom. The zero-order valence-electron chi connectivity index (χ0n) is 11.6. The molecule has 0 aliphatic carbocycles. The third-order valence-electron chi connectivity index (χ3n) is 3.56. The lowest BCUT2D eigenvalue weighted by Gasteiger charge is -2.35. The summed E-state index contributed by atoms with van der Waals surface area (Å²) in [5.41, 5.74) is 1.34. The Morgan fingerprint density at radius 2 is 2.22 bits per heavy atom. The van der Waals surface area contributed by atoms with Crippen molar-refractivity contribution in [1.82, 2.24) is 9.88 Å². The first-order valence-electron chi connectivity index (χ1n) is 7.18. The Bertz CT molecular complexity index is 348. The largest absolute Gasteiger partial charge is 0.478 e. The maximum Gasteiger partial charge on any atom is 0.213 e. The monoisotopic (exact) mass is 248 g/mol. The van der Waals surface area contributed by atoms with Crippen LogP contribution in [-0.4, -0.2) is 29.6 Å². The molecule has 0 bridgehead atoms. The van der Waals surface area contributed by atoms with Gasteiger partial charge in [0.1, 0.15) is 0 Å². The number of pyridine rings is 1. The minimum absolute atomic E-state index is 0.557. The maximum atomic E-state index is 5.40. The first kappa shape index (κ1) is 13.3. The van der Waals surface area contributed by atoms with Gasteiger partial charge in [0.25, 0.3) is 0 Å². The van der Waals surface area contributed by atoms with Crippen LogP contribution in [0, 0.1) is 0 Å². The molecular formula is C15H24N2O. The van der Waals surface area contributed by atoms with Crippen LogP contribution in [0.3, 0.4) is 0 Å². The van der Waals surface area contributed by atoms with E-state index in [4.69, 9.17) is 4.74 Å². The van der Waals surface area contributed by atoms with Gasteiger partial charge in [-0.1, -0.05) is 19.4 Å². The van der Waals surface area contributed by atoms with Gasteiger partial charge < -0.3 is 4.74 Å². The molecule has 1 aromatic rings. The van der Waals surface area contributed by atoms with Crippen molar-refractivity contribution in [3.05, 3.63) is 23.9 Å². The first-order chi connectivity index (χ1) is 8.85. The highest BCUT2D eigenvalue weighted by atomic mass is 16.5. The predicted octanol–water partition coefficient (Wildman–Crippen LogP) is 3.42. The molecule has 1 aliphatic heterocycles. The predicted molar refractivity (Wildman–Crippen MR) is 73.9 cm³/mol. The topological polar surface area (TPSA) is 25.4 Å². The Kier molecular flexibility index (Phi) is 5.00. The summed E-state index contributed by atoms with van der Waals surface area (Å²) in [6, 6.07) is 4.73. The molecular weight excluding hydrogens is 224 g/mol. The SMILES string of the molecule is CCCN1CCCCC1c1ccc(OCC)nc1. The zero-order valence-corrected chi connectivity index (χ0v) is 11.6. The molecule has 0 aromatic carbocycles. The zero-order chi connectivity index (χ0) is 12.8. The van der Waals surface area contributed by atoms with Gasteiger partial charge in [-0.15, -0.1) is 0 Å². The molecule has 1 atom stereocenters. The van der Waals surface area contributed by atoms with Crippen molar-refractivity contribution >= 4 is 0 Å². The first-order valence-corrected chi connectivity index (χ1v) is 7.18. The average molecular weight is 248 g/mol. The van der Waals surface area contributed by atoms with E-state index >= 15 is 0 Å². The molecule has 0 spiro atoms. The van der Waals surface area contributed by atoms with Gasteiger partial charge in [0.05, 0.1) is 6.61 Å². The molecule has 0 saturated carbocycles. The van der Waals surface area contributed by atoms with Gasteiger partial charge in [0.15, 0.2) is 0 Å². The fourth-order valence-corrected chi connectivity index (χ4v) is 2.75. The molecule has 1 unspecified atom stereocenters. The number of rotatable bonds is 5. The molecule has 100 valence electrons. The quantitative estimate of drug-likeness (QED) is 0.798. The summed E-state index contributed by atoms with van der Waals surface area (Å²) in [4.78, 5) is 6.99. The number of ether oxygens (including phenoxy) is 1. The van der Waals surface area contributed by atoms with Crippen LogP contribution in [0.25, 0.3) is 0 Å². The molecule has 1 aliphatic rings. The highest BCUT2D eigenvalue weighted by Gasteiger charge is 2.23. The normalized spacial score (nSPS) is 20.9. The number of hydrogen-bond acceptors (Lipinski definition) is 3. The summed E-state index contributed by atoms with van der Waals surface area (Å²) in [6.07, 6.45) is 7.14. The Hall–Kier alpha value is -1.09. The van der Waals surface area contributed by atoms with Crippen LogP contribution in [0.1, 0.15) is 51.1 Å². The van der Waals surface area contributed by atoms with Crippen LogP contribution < -0.4 is 4.74 Å². The van der Waals surface area contributed by atoms with Crippen LogP contribution in [0.5, 0.6) is 5.88 Å². The molecule has 0 amide bonds. The van der Waals surface area contributed by atoms with Crippen molar-refractivity contribution in [2.24, 2.45) is 0 Å². The number of aromatic nitrogens is 1. The second-order valence-corrected chi connectivity index (χ2v) is 4.91. The number of piperidine rings is 1. The van der Waals surface area contributed by atoms with Crippen LogP contribution in [0.4, 0.5) is 0 Å². The van der Waals surface area contributed by atoms with Gasteiger partial charge in [-0.3, -0.25) is 4.90 Å². The van der Waals surface area contributed by atoms with Gasteiger partial charge in [-0.05, 0) is 44.8 Å². The van der Waals surface area contributed by atoms with E-state index in [2.05, 4.69) is 22.9 Å². The lowest BCUT2D eigenvalue weighted by atomic mass is 9.96. The van der Waals surface area contributed by atoms with E-state index in [-0.39, 0.29) is 0 Å². The minimum atomic E-state index is 0.557. The molecule has 3 nitrogen and oxygen atoms in total. The second-order valence-electron chi connectivity index (χ2n) is 4.91. The molecule has 1 fully saturated rings. The molecule has 2 heterocycles.